The monoisotopic (exact) mass is 457 g/mol. The number of anilines is 1. The molecular formula is C21H23N5O5S. The van der Waals surface area contributed by atoms with Crippen molar-refractivity contribution in [2.75, 3.05) is 32.7 Å². The lowest BCUT2D eigenvalue weighted by molar-refractivity contribution is 0.0730. The van der Waals surface area contributed by atoms with Crippen molar-refractivity contribution in [3.05, 3.63) is 40.5 Å². The third-order valence-corrected chi connectivity index (χ3v) is 5.99. The minimum absolute atomic E-state index is 0.162. The maximum absolute atomic E-state index is 13.1. The molecule has 32 heavy (non-hydrogen) atoms. The van der Waals surface area contributed by atoms with E-state index in [-0.39, 0.29) is 12.5 Å². The fourth-order valence-electron chi connectivity index (χ4n) is 3.43. The Morgan fingerprint density at radius 2 is 2.09 bits per heavy atom. The Morgan fingerprint density at radius 3 is 2.84 bits per heavy atom. The maximum atomic E-state index is 13.1. The minimum Gasteiger partial charge on any atom is -0.497 e. The number of hydrogen-bond donors (Lipinski definition) is 2. The molecule has 2 N–H and O–H groups in total. The molecule has 0 saturated carbocycles. The van der Waals surface area contributed by atoms with Gasteiger partial charge in [0.05, 0.1) is 38.8 Å². The van der Waals surface area contributed by atoms with E-state index in [9.17, 15) is 9.59 Å². The van der Waals surface area contributed by atoms with Gasteiger partial charge < -0.3 is 19.1 Å². The summed E-state index contributed by atoms with van der Waals surface area (Å²) < 4.78 is 15.6. The smallest absolute Gasteiger partial charge is 0.413 e. The second-order valence-electron chi connectivity index (χ2n) is 6.94. The van der Waals surface area contributed by atoms with E-state index in [1.165, 1.54) is 11.3 Å². The van der Waals surface area contributed by atoms with Crippen LogP contribution in [0, 0.1) is 0 Å². The number of ether oxygens (including phenoxy) is 3. The first-order valence-electron chi connectivity index (χ1n) is 10.0. The molecule has 0 bridgehead atoms. The Balaban J connectivity index is 1.49. The average Bonchev–Trinajstić information content (AvgIpc) is 3.44. The third-order valence-electron chi connectivity index (χ3n) is 4.99. The van der Waals surface area contributed by atoms with E-state index in [1.54, 1.807) is 44.2 Å². The number of methoxy groups -OCH3 is 2. The van der Waals surface area contributed by atoms with Crippen molar-refractivity contribution < 1.29 is 23.8 Å². The van der Waals surface area contributed by atoms with Crippen molar-refractivity contribution in [1.29, 1.82) is 0 Å². The zero-order valence-corrected chi connectivity index (χ0v) is 18.7. The Labute approximate surface area is 188 Å². The highest BCUT2D eigenvalue weighted by Gasteiger charge is 2.27. The summed E-state index contributed by atoms with van der Waals surface area (Å²) in [5.41, 5.74) is 2.57. The van der Waals surface area contributed by atoms with Crippen LogP contribution in [0.15, 0.2) is 24.3 Å². The van der Waals surface area contributed by atoms with Crippen LogP contribution in [0.5, 0.6) is 11.5 Å². The van der Waals surface area contributed by atoms with Crippen LogP contribution in [0.1, 0.15) is 28.0 Å². The molecule has 1 aliphatic rings. The van der Waals surface area contributed by atoms with Gasteiger partial charge in [-0.1, -0.05) is 11.3 Å². The predicted molar refractivity (Wildman–Crippen MR) is 118 cm³/mol. The molecule has 10 nitrogen and oxygen atoms in total. The van der Waals surface area contributed by atoms with E-state index in [2.05, 4.69) is 20.5 Å². The fourth-order valence-corrected chi connectivity index (χ4v) is 4.44. The Bertz CT molecular complexity index is 1140. The molecule has 0 aliphatic carbocycles. The van der Waals surface area contributed by atoms with E-state index in [1.807, 2.05) is 6.07 Å². The van der Waals surface area contributed by atoms with Crippen molar-refractivity contribution in [1.82, 2.24) is 20.1 Å². The highest BCUT2D eigenvalue weighted by atomic mass is 32.1. The zero-order chi connectivity index (χ0) is 22.7. The first kappa shape index (κ1) is 21.6. The van der Waals surface area contributed by atoms with E-state index >= 15 is 0 Å². The van der Waals surface area contributed by atoms with Gasteiger partial charge in [0.15, 0.2) is 5.13 Å². The molecular weight excluding hydrogens is 434 g/mol. The summed E-state index contributed by atoms with van der Waals surface area (Å²) in [6.07, 6.45) is 0.0664. The number of H-pyrrole nitrogens is 1. The van der Waals surface area contributed by atoms with Gasteiger partial charge in [-0.15, -0.1) is 0 Å². The first-order valence-corrected chi connectivity index (χ1v) is 10.8. The minimum atomic E-state index is -0.538. The standard InChI is InChI=1S/C21H23N5O5S/c1-4-31-21(28)23-20-22-14-7-8-26(11-18(14)32-20)19(27)16-10-15(24-25-16)13-9-12(29-2)5-6-17(13)30-3/h5-6,9-10H,4,7-8,11H2,1-3H3,(H,24,25)(H,22,23,28). The molecule has 0 radical (unpaired) electrons. The Kier molecular flexibility index (Phi) is 6.26. The molecule has 1 aliphatic heterocycles. The molecule has 0 fully saturated rings. The maximum Gasteiger partial charge on any atom is 0.413 e. The van der Waals surface area contributed by atoms with Crippen LogP contribution < -0.4 is 14.8 Å². The number of nitrogens with zero attached hydrogens (tertiary/aromatic N) is 3. The van der Waals surface area contributed by atoms with Crippen molar-refractivity contribution in [3.63, 3.8) is 0 Å². The predicted octanol–water partition coefficient (Wildman–Crippen LogP) is 3.32. The summed E-state index contributed by atoms with van der Waals surface area (Å²) in [5, 5.41) is 10.2. The number of amides is 2. The van der Waals surface area contributed by atoms with Crippen LogP contribution in [-0.2, 0) is 17.7 Å². The summed E-state index contributed by atoms with van der Waals surface area (Å²) in [4.78, 5) is 31.8. The molecule has 1 aromatic carbocycles. The summed E-state index contributed by atoms with van der Waals surface area (Å²) in [6, 6.07) is 7.11. The number of aromatic nitrogens is 3. The number of fused-ring (bicyclic) bond motifs is 1. The number of aromatic amines is 1. The number of rotatable bonds is 6. The number of carbonyl (C=O) groups is 2. The van der Waals surface area contributed by atoms with Gasteiger partial charge in [-0.3, -0.25) is 15.2 Å². The number of benzene rings is 1. The molecule has 3 heterocycles. The quantitative estimate of drug-likeness (QED) is 0.583. The summed E-state index contributed by atoms with van der Waals surface area (Å²) in [6.45, 7) is 2.95. The van der Waals surface area contributed by atoms with Crippen LogP contribution in [0.2, 0.25) is 0 Å². The summed E-state index contributed by atoms with van der Waals surface area (Å²) >= 11 is 1.34. The van der Waals surface area contributed by atoms with Crippen LogP contribution in [0.4, 0.5) is 9.93 Å². The third kappa shape index (κ3) is 4.37. The molecule has 4 rings (SSSR count). The lowest BCUT2D eigenvalue weighted by Crippen LogP contribution is -2.35. The van der Waals surface area contributed by atoms with E-state index in [0.29, 0.717) is 47.5 Å². The molecule has 0 spiro atoms. The van der Waals surface area contributed by atoms with E-state index in [4.69, 9.17) is 14.2 Å². The summed E-state index contributed by atoms with van der Waals surface area (Å²) in [5.74, 6) is 1.13. The lowest BCUT2D eigenvalue weighted by Gasteiger charge is -2.25. The average molecular weight is 458 g/mol. The molecule has 2 amide bonds. The van der Waals surface area contributed by atoms with Crippen molar-refractivity contribution in [2.45, 2.75) is 19.9 Å². The molecule has 0 unspecified atom stereocenters. The van der Waals surface area contributed by atoms with Gasteiger partial charge in [0.25, 0.3) is 5.91 Å². The van der Waals surface area contributed by atoms with Crippen molar-refractivity contribution in [3.8, 4) is 22.8 Å². The second-order valence-corrected chi connectivity index (χ2v) is 8.03. The zero-order valence-electron chi connectivity index (χ0n) is 17.9. The second kappa shape index (κ2) is 9.27. The van der Waals surface area contributed by atoms with Gasteiger partial charge in [-0.05, 0) is 31.2 Å². The molecule has 0 atom stereocenters. The van der Waals surface area contributed by atoms with Gasteiger partial charge >= 0.3 is 6.09 Å². The SMILES string of the molecule is CCOC(=O)Nc1nc2c(s1)CN(C(=O)c1cc(-c3cc(OC)ccc3OC)n[nH]1)CC2. The van der Waals surface area contributed by atoms with Gasteiger partial charge in [0.1, 0.15) is 17.2 Å². The van der Waals surface area contributed by atoms with Crippen molar-refractivity contribution in [2.24, 2.45) is 0 Å². The van der Waals surface area contributed by atoms with Crippen LogP contribution in [0.25, 0.3) is 11.3 Å². The first-order chi connectivity index (χ1) is 15.5. The highest BCUT2D eigenvalue weighted by molar-refractivity contribution is 7.15. The summed E-state index contributed by atoms with van der Waals surface area (Å²) in [7, 11) is 3.16. The number of hydrogen-bond acceptors (Lipinski definition) is 8. The fraction of sp³-hybridized carbons (Fsp3) is 0.333. The molecule has 11 heteroatoms. The normalized spacial score (nSPS) is 12.8. The molecule has 0 saturated heterocycles. The lowest BCUT2D eigenvalue weighted by atomic mass is 10.1. The number of carbonyl (C=O) groups excluding carboxylic acids is 2. The van der Waals surface area contributed by atoms with E-state index < -0.39 is 6.09 Å². The van der Waals surface area contributed by atoms with Gasteiger partial charge in [-0.25, -0.2) is 9.78 Å². The Morgan fingerprint density at radius 1 is 1.25 bits per heavy atom. The van der Waals surface area contributed by atoms with Gasteiger partial charge in [-0.2, -0.15) is 5.10 Å². The van der Waals surface area contributed by atoms with E-state index in [0.717, 1.165) is 16.1 Å². The van der Waals surface area contributed by atoms with Crippen LogP contribution in [0.3, 0.4) is 0 Å². The molecule has 3 aromatic rings. The topological polar surface area (TPSA) is 119 Å². The van der Waals surface area contributed by atoms with Gasteiger partial charge in [0, 0.05) is 23.4 Å². The largest absolute Gasteiger partial charge is 0.497 e. The van der Waals surface area contributed by atoms with Gasteiger partial charge in [0.2, 0.25) is 0 Å². The number of thiazole rings is 1. The van der Waals surface area contributed by atoms with Crippen molar-refractivity contribution >= 4 is 28.5 Å². The van der Waals surface area contributed by atoms with Crippen LogP contribution >= 0.6 is 11.3 Å². The highest BCUT2D eigenvalue weighted by Crippen LogP contribution is 2.33. The number of nitrogens with one attached hydrogen (secondary N) is 2. The Hall–Kier alpha value is -3.60. The molecule has 2 aromatic heterocycles. The molecule has 168 valence electrons. The van der Waals surface area contributed by atoms with Crippen LogP contribution in [-0.4, -0.2) is 59.5 Å².